The Labute approximate surface area is 63.8 Å². The van der Waals surface area contributed by atoms with E-state index in [1.807, 2.05) is 0 Å². The molecule has 1 heterocycles. The zero-order valence-corrected chi connectivity index (χ0v) is 6.09. The summed E-state index contributed by atoms with van der Waals surface area (Å²) in [6.45, 7) is -0.203. The average molecular weight is 162 g/mol. The van der Waals surface area contributed by atoms with Crippen LogP contribution in [0.4, 0.5) is 9.18 Å². The first-order valence-electron chi connectivity index (χ1n) is 3.40. The number of rotatable bonds is 1. The SMILES string of the molecule is NC1(CF)CCN(C(=O)O)C1. The van der Waals surface area contributed by atoms with Gasteiger partial charge >= 0.3 is 6.09 Å². The summed E-state index contributed by atoms with van der Waals surface area (Å²) >= 11 is 0. The second-order valence-electron chi connectivity index (χ2n) is 2.95. The van der Waals surface area contributed by atoms with Gasteiger partial charge in [0.15, 0.2) is 0 Å². The number of nitrogens with two attached hydrogens (primary N) is 1. The summed E-state index contributed by atoms with van der Waals surface area (Å²) in [4.78, 5) is 11.5. The molecule has 0 aliphatic carbocycles. The second kappa shape index (κ2) is 2.65. The number of carbonyl (C=O) groups is 1. The fraction of sp³-hybridized carbons (Fsp3) is 0.833. The third-order valence-electron chi connectivity index (χ3n) is 1.92. The van der Waals surface area contributed by atoms with Gasteiger partial charge in [-0.05, 0) is 6.42 Å². The minimum atomic E-state index is -1.02. The number of amides is 1. The minimum Gasteiger partial charge on any atom is -0.465 e. The molecule has 0 spiro atoms. The maximum Gasteiger partial charge on any atom is 0.407 e. The van der Waals surface area contributed by atoms with Gasteiger partial charge in [-0.15, -0.1) is 0 Å². The molecule has 0 aromatic heterocycles. The Kier molecular flexibility index (Phi) is 1.99. The molecule has 64 valence electrons. The number of hydrogen-bond acceptors (Lipinski definition) is 2. The molecule has 0 aromatic carbocycles. The van der Waals surface area contributed by atoms with Gasteiger partial charge in [0, 0.05) is 13.1 Å². The van der Waals surface area contributed by atoms with Crippen molar-refractivity contribution >= 4 is 6.09 Å². The van der Waals surface area contributed by atoms with Crippen molar-refractivity contribution in [3.63, 3.8) is 0 Å². The van der Waals surface area contributed by atoms with E-state index in [2.05, 4.69) is 0 Å². The van der Waals surface area contributed by atoms with Gasteiger partial charge in [0.1, 0.15) is 6.67 Å². The van der Waals surface area contributed by atoms with Crippen LogP contribution in [0, 0.1) is 0 Å². The first-order valence-corrected chi connectivity index (χ1v) is 3.40. The first kappa shape index (κ1) is 8.26. The van der Waals surface area contributed by atoms with Crippen molar-refractivity contribution in [2.24, 2.45) is 5.73 Å². The summed E-state index contributed by atoms with van der Waals surface area (Å²) in [6.07, 6.45) is -0.610. The molecule has 4 nitrogen and oxygen atoms in total. The quantitative estimate of drug-likeness (QED) is 0.572. The van der Waals surface area contributed by atoms with Gasteiger partial charge in [0.25, 0.3) is 0 Å². The van der Waals surface area contributed by atoms with E-state index in [0.717, 1.165) is 4.90 Å². The molecule has 0 saturated carbocycles. The Morgan fingerprint density at radius 3 is 2.73 bits per heavy atom. The van der Waals surface area contributed by atoms with E-state index in [1.165, 1.54) is 0 Å². The van der Waals surface area contributed by atoms with Gasteiger partial charge in [-0.2, -0.15) is 0 Å². The number of nitrogens with zero attached hydrogens (tertiary/aromatic N) is 1. The lowest BCUT2D eigenvalue weighted by Crippen LogP contribution is -2.45. The molecule has 1 rings (SSSR count). The van der Waals surface area contributed by atoms with E-state index in [-0.39, 0.29) is 6.54 Å². The highest BCUT2D eigenvalue weighted by atomic mass is 19.1. The molecule has 5 heteroatoms. The standard InChI is InChI=1S/C6H11FN2O2/c7-3-6(8)1-2-9(4-6)5(10)11/h1-4,8H2,(H,10,11). The summed E-state index contributed by atoms with van der Waals surface area (Å²) in [5.74, 6) is 0. The molecule has 1 aliphatic rings. The van der Waals surface area contributed by atoms with Crippen molar-refractivity contribution in [3.8, 4) is 0 Å². The molecule has 1 amide bonds. The molecule has 1 fully saturated rings. The van der Waals surface area contributed by atoms with Crippen LogP contribution in [0.3, 0.4) is 0 Å². The monoisotopic (exact) mass is 162 g/mol. The van der Waals surface area contributed by atoms with Gasteiger partial charge in [0.2, 0.25) is 0 Å². The number of hydrogen-bond donors (Lipinski definition) is 2. The fourth-order valence-corrected chi connectivity index (χ4v) is 1.17. The summed E-state index contributed by atoms with van der Waals surface area (Å²) in [5.41, 5.74) is 4.57. The lowest BCUT2D eigenvalue weighted by atomic mass is 10.0. The molecule has 1 unspecified atom stereocenters. The van der Waals surface area contributed by atoms with E-state index >= 15 is 0 Å². The fourth-order valence-electron chi connectivity index (χ4n) is 1.17. The molecule has 3 N–H and O–H groups in total. The van der Waals surface area contributed by atoms with Crippen LogP contribution in [0.15, 0.2) is 0 Å². The van der Waals surface area contributed by atoms with Crippen molar-refractivity contribution < 1.29 is 14.3 Å². The van der Waals surface area contributed by atoms with E-state index in [4.69, 9.17) is 10.8 Å². The lowest BCUT2D eigenvalue weighted by molar-refractivity contribution is 0.151. The van der Waals surface area contributed by atoms with Gasteiger partial charge in [-0.1, -0.05) is 0 Å². The van der Waals surface area contributed by atoms with E-state index < -0.39 is 18.3 Å². The smallest absolute Gasteiger partial charge is 0.407 e. The van der Waals surface area contributed by atoms with E-state index in [0.29, 0.717) is 13.0 Å². The zero-order valence-electron chi connectivity index (χ0n) is 6.09. The Balaban J connectivity index is 2.53. The first-order chi connectivity index (χ1) is 5.07. The Morgan fingerprint density at radius 1 is 1.82 bits per heavy atom. The van der Waals surface area contributed by atoms with Gasteiger partial charge in [0.05, 0.1) is 5.54 Å². The summed E-state index contributed by atoms with van der Waals surface area (Å²) in [6, 6.07) is 0. The Morgan fingerprint density at radius 2 is 2.45 bits per heavy atom. The number of likely N-dealkylation sites (tertiary alicyclic amines) is 1. The van der Waals surface area contributed by atoms with Crippen LogP contribution < -0.4 is 5.73 Å². The summed E-state index contributed by atoms with van der Waals surface area (Å²) in [5, 5.41) is 8.49. The number of halogens is 1. The van der Waals surface area contributed by atoms with Crippen molar-refractivity contribution in [2.75, 3.05) is 19.8 Å². The lowest BCUT2D eigenvalue weighted by Gasteiger charge is -2.18. The topological polar surface area (TPSA) is 66.6 Å². The second-order valence-corrected chi connectivity index (χ2v) is 2.95. The molecule has 11 heavy (non-hydrogen) atoms. The highest BCUT2D eigenvalue weighted by molar-refractivity contribution is 5.65. The van der Waals surface area contributed by atoms with Crippen LogP contribution in [-0.4, -0.2) is 41.4 Å². The molecule has 1 atom stereocenters. The third kappa shape index (κ3) is 1.59. The predicted molar refractivity (Wildman–Crippen MR) is 37.1 cm³/mol. The molecule has 1 saturated heterocycles. The van der Waals surface area contributed by atoms with E-state index in [1.54, 1.807) is 0 Å². The molecular weight excluding hydrogens is 151 g/mol. The molecular formula is C6H11FN2O2. The maximum atomic E-state index is 12.2. The Hall–Kier alpha value is -0.840. The summed E-state index contributed by atoms with van der Waals surface area (Å²) in [7, 11) is 0. The van der Waals surface area contributed by atoms with Crippen LogP contribution in [0.25, 0.3) is 0 Å². The molecule has 0 radical (unpaired) electrons. The van der Waals surface area contributed by atoms with Crippen molar-refractivity contribution in [2.45, 2.75) is 12.0 Å². The van der Waals surface area contributed by atoms with Crippen LogP contribution in [-0.2, 0) is 0 Å². The maximum absolute atomic E-state index is 12.2. The highest BCUT2D eigenvalue weighted by Gasteiger charge is 2.36. The van der Waals surface area contributed by atoms with Gasteiger partial charge in [-0.25, -0.2) is 9.18 Å². The van der Waals surface area contributed by atoms with Crippen LogP contribution in [0.5, 0.6) is 0 Å². The minimum absolute atomic E-state index is 0.110. The Bertz CT molecular complexity index is 176. The van der Waals surface area contributed by atoms with Crippen molar-refractivity contribution in [1.82, 2.24) is 4.90 Å². The summed E-state index contributed by atoms with van der Waals surface area (Å²) < 4.78 is 12.2. The van der Waals surface area contributed by atoms with Crippen molar-refractivity contribution in [1.29, 1.82) is 0 Å². The zero-order chi connectivity index (χ0) is 8.48. The largest absolute Gasteiger partial charge is 0.465 e. The van der Waals surface area contributed by atoms with Crippen LogP contribution in [0.1, 0.15) is 6.42 Å². The molecule has 1 aliphatic heterocycles. The highest BCUT2D eigenvalue weighted by Crippen LogP contribution is 2.18. The average Bonchev–Trinajstić information content (AvgIpc) is 2.33. The normalized spacial score (nSPS) is 30.9. The van der Waals surface area contributed by atoms with Crippen molar-refractivity contribution in [3.05, 3.63) is 0 Å². The number of carboxylic acid groups (broad SMARTS) is 1. The number of alkyl halides is 1. The van der Waals surface area contributed by atoms with Gasteiger partial charge < -0.3 is 15.7 Å². The van der Waals surface area contributed by atoms with Crippen LogP contribution in [0.2, 0.25) is 0 Å². The molecule has 0 bridgehead atoms. The third-order valence-corrected chi connectivity index (χ3v) is 1.92. The predicted octanol–water partition coefficient (Wildman–Crippen LogP) is 0.0371. The van der Waals surface area contributed by atoms with Crippen LogP contribution >= 0.6 is 0 Å². The van der Waals surface area contributed by atoms with E-state index in [9.17, 15) is 9.18 Å². The molecule has 0 aromatic rings. The van der Waals surface area contributed by atoms with Gasteiger partial charge in [-0.3, -0.25) is 0 Å².